The Morgan fingerprint density at radius 1 is 1.17 bits per heavy atom. The second-order valence-corrected chi connectivity index (χ2v) is 9.39. The molecule has 0 bridgehead atoms. The van der Waals surface area contributed by atoms with Crippen LogP contribution in [0.15, 0.2) is 24.3 Å². The van der Waals surface area contributed by atoms with Crippen LogP contribution < -0.4 is 14.4 Å². The van der Waals surface area contributed by atoms with E-state index in [0.717, 1.165) is 17.7 Å². The predicted octanol–water partition coefficient (Wildman–Crippen LogP) is -1.23. The Hall–Kier alpha value is -1.92. The van der Waals surface area contributed by atoms with Gasteiger partial charge in [-0.3, -0.25) is 4.79 Å². The summed E-state index contributed by atoms with van der Waals surface area (Å²) in [7, 11) is -1.83. The van der Waals surface area contributed by atoms with Gasteiger partial charge in [-0.25, -0.2) is 13.1 Å². The highest BCUT2D eigenvalue weighted by Gasteiger charge is 2.44. The highest BCUT2D eigenvalue weighted by atomic mass is 32.2. The van der Waals surface area contributed by atoms with E-state index in [1.807, 2.05) is 24.3 Å². The van der Waals surface area contributed by atoms with Crippen LogP contribution in [0.5, 0.6) is 5.75 Å². The minimum atomic E-state index is -3.45. The van der Waals surface area contributed by atoms with E-state index in [4.69, 9.17) is 9.47 Å². The number of ether oxygens (including phenoxy) is 2. The largest absolute Gasteiger partial charge is 0.495 e. The molecule has 0 unspecified atom stereocenters. The summed E-state index contributed by atoms with van der Waals surface area (Å²) in [6.07, 6.45) is -3.39. The van der Waals surface area contributed by atoms with E-state index in [1.165, 1.54) is 0 Å². The van der Waals surface area contributed by atoms with Gasteiger partial charge in [0.2, 0.25) is 15.9 Å². The molecule has 30 heavy (non-hydrogen) atoms. The van der Waals surface area contributed by atoms with Crippen molar-refractivity contribution in [2.24, 2.45) is 0 Å². The van der Waals surface area contributed by atoms with E-state index in [1.54, 1.807) is 12.0 Å². The molecule has 11 heteroatoms. The number of carbonyl (C=O) groups is 1. The smallest absolute Gasteiger partial charge is 0.225 e. The number of sulfonamides is 1. The van der Waals surface area contributed by atoms with Crippen molar-refractivity contribution in [3.63, 3.8) is 0 Å². The maximum Gasteiger partial charge on any atom is 0.225 e. The Labute approximate surface area is 176 Å². The van der Waals surface area contributed by atoms with Gasteiger partial charge in [0.15, 0.2) is 0 Å². The van der Waals surface area contributed by atoms with E-state index in [2.05, 4.69) is 9.62 Å². The third-order valence-corrected chi connectivity index (χ3v) is 6.13. The van der Waals surface area contributed by atoms with E-state index >= 15 is 0 Å². The molecule has 2 saturated heterocycles. The Balaban J connectivity index is 1.52. The molecule has 2 aliphatic rings. The topological polar surface area (TPSA) is 129 Å². The van der Waals surface area contributed by atoms with Crippen molar-refractivity contribution < 1.29 is 32.9 Å². The predicted molar refractivity (Wildman–Crippen MR) is 110 cm³/mol. The number of methoxy groups -OCH3 is 1. The molecule has 168 valence electrons. The normalized spacial score (nSPS) is 27.3. The van der Waals surface area contributed by atoms with Gasteiger partial charge < -0.3 is 29.5 Å². The van der Waals surface area contributed by atoms with E-state index in [9.17, 15) is 23.4 Å². The highest BCUT2D eigenvalue weighted by Crippen LogP contribution is 2.29. The molecule has 0 aromatic heterocycles. The Morgan fingerprint density at radius 3 is 2.43 bits per heavy atom. The van der Waals surface area contributed by atoms with Crippen LogP contribution in [0, 0.1) is 0 Å². The number of aliphatic hydroxyl groups is 2. The molecule has 1 amide bonds. The van der Waals surface area contributed by atoms with Gasteiger partial charge >= 0.3 is 0 Å². The summed E-state index contributed by atoms with van der Waals surface area (Å²) in [6.45, 7) is 2.15. The van der Waals surface area contributed by atoms with Crippen molar-refractivity contribution in [1.82, 2.24) is 9.62 Å². The lowest BCUT2D eigenvalue weighted by molar-refractivity contribution is -0.135. The summed E-state index contributed by atoms with van der Waals surface area (Å²) >= 11 is 0. The molecule has 2 fully saturated rings. The van der Waals surface area contributed by atoms with Gasteiger partial charge in [-0.15, -0.1) is 0 Å². The van der Waals surface area contributed by atoms with Crippen molar-refractivity contribution in [1.29, 1.82) is 0 Å². The number of hydrogen-bond donors (Lipinski definition) is 3. The minimum absolute atomic E-state index is 0.0811. The lowest BCUT2D eigenvalue weighted by Crippen LogP contribution is -2.50. The summed E-state index contributed by atoms with van der Waals surface area (Å²) in [4.78, 5) is 16.6. The van der Waals surface area contributed by atoms with Gasteiger partial charge in [-0.2, -0.15) is 0 Å². The maximum absolute atomic E-state index is 12.7. The van der Waals surface area contributed by atoms with Crippen molar-refractivity contribution in [2.75, 3.05) is 51.0 Å². The first kappa shape index (κ1) is 22.8. The number of aliphatic hydroxyl groups excluding tert-OH is 2. The number of hydrogen-bond acceptors (Lipinski definition) is 8. The maximum atomic E-state index is 12.7. The highest BCUT2D eigenvalue weighted by molar-refractivity contribution is 7.88. The zero-order valence-corrected chi connectivity index (χ0v) is 17.9. The molecule has 2 aliphatic heterocycles. The van der Waals surface area contributed by atoms with Crippen molar-refractivity contribution in [3.05, 3.63) is 24.3 Å². The van der Waals surface area contributed by atoms with Crippen molar-refractivity contribution >= 4 is 21.6 Å². The SMILES string of the molecule is COc1ccccc1N1CCN(C(=O)C[C@@H]2O[C@H](CNS(C)(=O)=O)[C@@H](O)[C@H]2O)CC1. The zero-order valence-electron chi connectivity index (χ0n) is 17.1. The molecule has 3 N–H and O–H groups in total. The molecule has 1 aromatic carbocycles. The number of benzene rings is 1. The summed E-state index contributed by atoms with van der Waals surface area (Å²) in [5.74, 6) is 0.602. The first-order valence-corrected chi connectivity index (χ1v) is 11.7. The summed E-state index contributed by atoms with van der Waals surface area (Å²) in [5.41, 5.74) is 0.978. The number of rotatable bonds is 7. The molecular formula is C19H29N3O7S. The number of carbonyl (C=O) groups excluding carboxylic acids is 1. The number of piperazine rings is 1. The fraction of sp³-hybridized carbons (Fsp3) is 0.632. The third-order valence-electron chi connectivity index (χ3n) is 5.44. The minimum Gasteiger partial charge on any atom is -0.495 e. The Bertz CT molecular complexity index is 842. The lowest BCUT2D eigenvalue weighted by Gasteiger charge is -2.37. The number of nitrogens with zero attached hydrogens (tertiary/aromatic N) is 2. The first-order chi connectivity index (χ1) is 14.2. The van der Waals surface area contributed by atoms with Crippen LogP contribution in [-0.4, -0.2) is 99.9 Å². The Kier molecular flexibility index (Phi) is 7.19. The quantitative estimate of drug-likeness (QED) is 0.478. The number of anilines is 1. The van der Waals surface area contributed by atoms with Crippen LogP contribution in [0.3, 0.4) is 0 Å². The number of amides is 1. The van der Waals surface area contributed by atoms with Crippen LogP contribution in [0.25, 0.3) is 0 Å². The van der Waals surface area contributed by atoms with Crippen LogP contribution in [0.4, 0.5) is 5.69 Å². The second-order valence-electron chi connectivity index (χ2n) is 7.56. The average Bonchev–Trinajstić information content (AvgIpc) is 2.99. The molecule has 0 radical (unpaired) electrons. The van der Waals surface area contributed by atoms with Crippen LogP contribution >= 0.6 is 0 Å². The molecule has 4 atom stereocenters. The van der Waals surface area contributed by atoms with E-state index < -0.39 is 34.4 Å². The molecule has 1 aromatic rings. The third kappa shape index (κ3) is 5.41. The van der Waals surface area contributed by atoms with E-state index in [-0.39, 0.29) is 18.9 Å². The average molecular weight is 444 g/mol. The molecule has 2 heterocycles. The van der Waals surface area contributed by atoms with Crippen molar-refractivity contribution in [2.45, 2.75) is 30.8 Å². The standard InChI is InChI=1S/C19H29N3O7S/c1-28-14-6-4-3-5-13(14)21-7-9-22(10-8-21)17(23)11-15-18(24)19(25)16(29-15)12-20-30(2,26)27/h3-6,15-16,18-20,24-25H,7-12H2,1-2H3/t15-,16+,18-,19+/m0/s1. The molecular weight excluding hydrogens is 414 g/mol. The van der Waals surface area contributed by atoms with Gasteiger partial charge in [0.1, 0.15) is 24.1 Å². The van der Waals surface area contributed by atoms with Gasteiger partial charge in [-0.1, -0.05) is 12.1 Å². The van der Waals surface area contributed by atoms with Crippen LogP contribution in [0.1, 0.15) is 6.42 Å². The number of para-hydroxylation sites is 2. The molecule has 3 rings (SSSR count). The van der Waals surface area contributed by atoms with Gasteiger partial charge in [0, 0.05) is 32.7 Å². The van der Waals surface area contributed by atoms with Crippen LogP contribution in [0.2, 0.25) is 0 Å². The van der Waals surface area contributed by atoms with E-state index in [0.29, 0.717) is 26.2 Å². The fourth-order valence-corrected chi connectivity index (χ4v) is 4.25. The Morgan fingerprint density at radius 2 is 1.80 bits per heavy atom. The molecule has 0 aliphatic carbocycles. The monoisotopic (exact) mass is 443 g/mol. The van der Waals surface area contributed by atoms with Gasteiger partial charge in [-0.05, 0) is 12.1 Å². The molecule has 10 nitrogen and oxygen atoms in total. The lowest BCUT2D eigenvalue weighted by atomic mass is 10.0. The zero-order chi connectivity index (χ0) is 21.9. The first-order valence-electron chi connectivity index (χ1n) is 9.81. The summed E-state index contributed by atoms with van der Waals surface area (Å²) in [6, 6.07) is 7.72. The number of nitrogens with one attached hydrogen (secondary N) is 1. The fourth-order valence-electron chi connectivity index (χ4n) is 3.79. The molecule has 0 saturated carbocycles. The molecule has 0 spiro atoms. The summed E-state index contributed by atoms with van der Waals surface area (Å²) in [5, 5.41) is 20.3. The van der Waals surface area contributed by atoms with Crippen LogP contribution in [-0.2, 0) is 19.6 Å². The van der Waals surface area contributed by atoms with Gasteiger partial charge in [0.25, 0.3) is 0 Å². The van der Waals surface area contributed by atoms with Crippen molar-refractivity contribution in [3.8, 4) is 5.75 Å². The second kappa shape index (κ2) is 9.48. The summed E-state index contributed by atoms with van der Waals surface area (Å²) < 4.78 is 35.7. The van der Waals surface area contributed by atoms with Gasteiger partial charge in [0.05, 0.1) is 31.6 Å².